The van der Waals surface area contributed by atoms with Crippen LogP contribution in [0.15, 0.2) is 35.5 Å². The molecule has 19 heavy (non-hydrogen) atoms. The van der Waals surface area contributed by atoms with Crippen LogP contribution in [0, 0.1) is 0 Å². The van der Waals surface area contributed by atoms with Gasteiger partial charge in [-0.3, -0.25) is 4.79 Å². The lowest BCUT2D eigenvalue weighted by Crippen LogP contribution is -2.48. The Labute approximate surface area is 111 Å². The molecule has 104 valence electrons. The number of anilines is 1. The molecule has 1 rings (SSSR count). The molecule has 1 amide bonds. The third kappa shape index (κ3) is 4.94. The van der Waals surface area contributed by atoms with E-state index < -0.39 is 6.04 Å². The minimum atomic E-state index is -0.751. The lowest BCUT2D eigenvalue weighted by Gasteiger charge is -2.20. The molecule has 0 saturated carbocycles. The Morgan fingerprint density at radius 1 is 1.42 bits per heavy atom. The summed E-state index contributed by atoms with van der Waals surface area (Å²) < 4.78 is 0. The maximum Gasteiger partial charge on any atom is 0.258 e. The van der Waals surface area contributed by atoms with Gasteiger partial charge >= 0.3 is 0 Å². The van der Waals surface area contributed by atoms with E-state index in [1.54, 1.807) is 31.2 Å². The number of oxime groups is 1. The highest BCUT2D eigenvalue weighted by Crippen LogP contribution is 2.10. The average Bonchev–Trinajstić information content (AvgIpc) is 2.42. The minimum absolute atomic E-state index is 0.198. The van der Waals surface area contributed by atoms with Gasteiger partial charge in [0.2, 0.25) is 0 Å². The van der Waals surface area contributed by atoms with E-state index in [9.17, 15) is 4.79 Å². The fourth-order valence-corrected chi connectivity index (χ4v) is 1.35. The molecule has 1 aromatic rings. The Hall–Kier alpha value is -2.12. The Morgan fingerprint density at radius 2 is 2.05 bits per heavy atom. The maximum absolute atomic E-state index is 11.9. The van der Waals surface area contributed by atoms with Crippen molar-refractivity contribution in [2.24, 2.45) is 22.5 Å². The fourth-order valence-electron chi connectivity index (χ4n) is 1.35. The zero-order valence-electron chi connectivity index (χ0n) is 10.8. The fraction of sp³-hybridized carbons (Fsp3) is 0.333. The topological polar surface area (TPSA) is 120 Å². The number of benzene rings is 1. The van der Waals surface area contributed by atoms with E-state index >= 15 is 0 Å². The van der Waals surface area contributed by atoms with Crippen LogP contribution in [0.5, 0.6) is 0 Å². The molecule has 0 saturated heterocycles. The van der Waals surface area contributed by atoms with Crippen molar-refractivity contribution >= 4 is 17.4 Å². The molecule has 0 spiro atoms. The number of rotatable bonds is 6. The highest BCUT2D eigenvalue weighted by Gasteiger charge is 2.19. The van der Waals surface area contributed by atoms with Crippen molar-refractivity contribution in [3.8, 4) is 0 Å². The second kappa shape index (κ2) is 7.34. The van der Waals surface area contributed by atoms with Crippen LogP contribution in [0.2, 0.25) is 0 Å². The number of amides is 1. The number of hydrogen-bond acceptors (Lipinski definition) is 5. The molecule has 0 radical (unpaired) electrons. The summed E-state index contributed by atoms with van der Waals surface area (Å²) in [5, 5.41) is 4.57. The normalized spacial score (nSPS) is 12.9. The number of nitrogens with zero attached hydrogens (tertiary/aromatic N) is 2. The molecular formula is C12H19N5O2. The number of nitrogens with two attached hydrogens (primary N) is 3. The van der Waals surface area contributed by atoms with Crippen molar-refractivity contribution in [2.45, 2.75) is 19.4 Å². The van der Waals surface area contributed by atoms with Crippen LogP contribution in [0.1, 0.15) is 13.3 Å². The summed E-state index contributed by atoms with van der Waals surface area (Å²) in [6.07, 6.45) is 0.302. The van der Waals surface area contributed by atoms with Crippen LogP contribution in [0.25, 0.3) is 0 Å². The van der Waals surface area contributed by atoms with E-state index in [0.717, 1.165) is 5.01 Å². The summed E-state index contributed by atoms with van der Waals surface area (Å²) in [6, 6.07) is 8.11. The van der Waals surface area contributed by atoms with E-state index in [-0.39, 0.29) is 12.5 Å². The van der Waals surface area contributed by atoms with Crippen LogP contribution >= 0.6 is 0 Å². The van der Waals surface area contributed by atoms with Crippen molar-refractivity contribution in [1.82, 2.24) is 0 Å². The van der Waals surface area contributed by atoms with Crippen molar-refractivity contribution in [3.63, 3.8) is 0 Å². The summed E-state index contributed by atoms with van der Waals surface area (Å²) in [5.74, 6) is 5.63. The van der Waals surface area contributed by atoms with E-state index in [2.05, 4.69) is 5.16 Å². The van der Waals surface area contributed by atoms with Gasteiger partial charge in [-0.15, -0.1) is 0 Å². The van der Waals surface area contributed by atoms with Crippen LogP contribution in [-0.4, -0.2) is 24.4 Å². The Morgan fingerprint density at radius 3 is 2.63 bits per heavy atom. The standard InChI is InChI=1S/C12H19N5O2/c1-9(13)16-19-8-7-11(14)12(18)17(15)10-5-3-2-4-6-10/h2-6,11H,7-8,14-15H2,1H3,(H2,13,16)/t11-/m0/s1. The van der Waals surface area contributed by atoms with Crippen molar-refractivity contribution in [1.29, 1.82) is 0 Å². The first-order valence-electron chi connectivity index (χ1n) is 5.83. The van der Waals surface area contributed by atoms with Crippen molar-refractivity contribution < 1.29 is 9.63 Å². The van der Waals surface area contributed by atoms with Gasteiger partial charge in [0.15, 0.2) is 0 Å². The zero-order valence-corrected chi connectivity index (χ0v) is 10.8. The quantitative estimate of drug-likeness (QED) is 0.166. The second-order valence-corrected chi connectivity index (χ2v) is 4.00. The summed E-state index contributed by atoms with van der Waals surface area (Å²) in [4.78, 5) is 16.8. The molecule has 0 aliphatic carbocycles. The Kier molecular flexibility index (Phi) is 5.77. The summed E-state index contributed by atoms with van der Waals surface area (Å²) in [6.45, 7) is 1.80. The number of hydrazine groups is 1. The molecule has 7 heteroatoms. The van der Waals surface area contributed by atoms with Crippen molar-refractivity contribution in [2.75, 3.05) is 11.6 Å². The smallest absolute Gasteiger partial charge is 0.258 e. The lowest BCUT2D eigenvalue weighted by molar-refractivity contribution is -0.120. The predicted octanol–water partition coefficient (Wildman–Crippen LogP) is -0.0806. The number of hydrogen-bond donors (Lipinski definition) is 3. The molecule has 0 fully saturated rings. The molecule has 0 aliphatic heterocycles. The molecule has 0 unspecified atom stereocenters. The molecule has 0 aliphatic rings. The third-order valence-electron chi connectivity index (χ3n) is 2.32. The molecule has 0 heterocycles. The first kappa shape index (κ1) is 14.9. The van der Waals surface area contributed by atoms with Crippen LogP contribution in [0.4, 0.5) is 5.69 Å². The average molecular weight is 265 g/mol. The SMILES string of the molecule is C/C(N)=N/OCC[C@H](N)C(=O)N(N)c1ccccc1. The molecular weight excluding hydrogens is 246 g/mol. The number of para-hydroxylation sites is 1. The zero-order chi connectivity index (χ0) is 14.3. The van der Waals surface area contributed by atoms with E-state index in [1.807, 2.05) is 6.07 Å². The van der Waals surface area contributed by atoms with Gasteiger partial charge in [-0.2, -0.15) is 0 Å². The summed E-state index contributed by atoms with van der Waals surface area (Å²) in [5.41, 5.74) is 11.6. The highest BCUT2D eigenvalue weighted by molar-refractivity contribution is 5.95. The molecule has 6 N–H and O–H groups in total. The van der Waals surface area contributed by atoms with E-state index in [0.29, 0.717) is 17.9 Å². The van der Waals surface area contributed by atoms with Gasteiger partial charge in [-0.1, -0.05) is 23.4 Å². The van der Waals surface area contributed by atoms with Crippen LogP contribution < -0.4 is 22.3 Å². The largest absolute Gasteiger partial charge is 0.394 e. The first-order chi connectivity index (χ1) is 9.02. The Bertz CT molecular complexity index is 431. The lowest BCUT2D eigenvalue weighted by atomic mass is 10.2. The van der Waals surface area contributed by atoms with Gasteiger partial charge in [0.25, 0.3) is 5.91 Å². The van der Waals surface area contributed by atoms with Gasteiger partial charge in [0, 0.05) is 6.42 Å². The maximum atomic E-state index is 11.9. The summed E-state index contributed by atoms with van der Waals surface area (Å²) in [7, 11) is 0. The molecule has 0 bridgehead atoms. The first-order valence-corrected chi connectivity index (χ1v) is 5.83. The second-order valence-electron chi connectivity index (χ2n) is 4.00. The van der Waals surface area contributed by atoms with E-state index in [1.165, 1.54) is 0 Å². The molecule has 7 nitrogen and oxygen atoms in total. The van der Waals surface area contributed by atoms with E-state index in [4.69, 9.17) is 22.1 Å². The van der Waals surface area contributed by atoms with Gasteiger partial charge in [0.05, 0.1) is 11.7 Å². The molecule has 1 atom stereocenters. The molecule has 0 aromatic heterocycles. The number of amidine groups is 1. The monoisotopic (exact) mass is 265 g/mol. The van der Waals surface area contributed by atoms with Gasteiger partial charge in [-0.05, 0) is 19.1 Å². The third-order valence-corrected chi connectivity index (χ3v) is 2.32. The van der Waals surface area contributed by atoms with Crippen LogP contribution in [0.3, 0.4) is 0 Å². The van der Waals surface area contributed by atoms with Gasteiger partial charge in [0.1, 0.15) is 12.4 Å². The number of carbonyl (C=O) groups is 1. The van der Waals surface area contributed by atoms with Crippen molar-refractivity contribution in [3.05, 3.63) is 30.3 Å². The van der Waals surface area contributed by atoms with Gasteiger partial charge in [-0.25, -0.2) is 10.9 Å². The molecule has 1 aromatic carbocycles. The minimum Gasteiger partial charge on any atom is -0.394 e. The Balaban J connectivity index is 2.46. The highest BCUT2D eigenvalue weighted by atomic mass is 16.6. The number of carbonyl (C=O) groups excluding carboxylic acids is 1. The predicted molar refractivity (Wildman–Crippen MR) is 74.0 cm³/mol. The van der Waals surface area contributed by atoms with Crippen LogP contribution in [-0.2, 0) is 9.63 Å². The summed E-state index contributed by atoms with van der Waals surface area (Å²) >= 11 is 0. The van der Waals surface area contributed by atoms with Gasteiger partial charge < -0.3 is 16.3 Å².